The lowest BCUT2D eigenvalue weighted by molar-refractivity contribution is 0.100. The van der Waals surface area contributed by atoms with Gasteiger partial charge in [0.05, 0.1) is 0 Å². The van der Waals surface area contributed by atoms with E-state index in [9.17, 15) is 4.79 Å². The maximum Gasteiger partial charge on any atom is 0.280 e. The molecule has 0 aliphatic heterocycles. The Morgan fingerprint density at radius 1 is 0.846 bits per heavy atom. The lowest BCUT2D eigenvalue weighted by atomic mass is 9.93. The lowest BCUT2D eigenvalue weighted by Crippen LogP contribution is -2.24. The molecule has 126 valence electrons. The first kappa shape index (κ1) is 15.8. The number of carbonyl (C=O) groups excluding carboxylic acids is 1. The zero-order valence-corrected chi connectivity index (χ0v) is 13.9. The molecule has 4 aromatic rings. The SMILES string of the molecule is NC(N)=NC(=O)c1ccc2cccc(-c3cccc4cnccc34)c2c1. The van der Waals surface area contributed by atoms with Gasteiger partial charge in [-0.05, 0) is 45.5 Å². The van der Waals surface area contributed by atoms with Crippen LogP contribution in [0.4, 0.5) is 0 Å². The van der Waals surface area contributed by atoms with Crippen molar-refractivity contribution >= 4 is 33.4 Å². The second kappa shape index (κ2) is 6.29. The number of amides is 1. The van der Waals surface area contributed by atoms with Gasteiger partial charge in [0.25, 0.3) is 5.91 Å². The van der Waals surface area contributed by atoms with Gasteiger partial charge in [-0.2, -0.15) is 4.99 Å². The highest BCUT2D eigenvalue weighted by atomic mass is 16.1. The smallest absolute Gasteiger partial charge is 0.280 e. The molecule has 0 fully saturated rings. The van der Waals surface area contributed by atoms with E-state index in [1.54, 1.807) is 12.3 Å². The van der Waals surface area contributed by atoms with E-state index in [0.29, 0.717) is 5.56 Å². The molecular formula is C21H16N4O. The van der Waals surface area contributed by atoms with Crippen LogP contribution in [0.1, 0.15) is 10.4 Å². The molecule has 0 atom stereocenters. The molecule has 1 heterocycles. The number of hydrogen-bond donors (Lipinski definition) is 2. The summed E-state index contributed by atoms with van der Waals surface area (Å²) in [5.41, 5.74) is 13.2. The average molecular weight is 340 g/mol. The number of benzene rings is 3. The second-order valence-corrected chi connectivity index (χ2v) is 5.99. The van der Waals surface area contributed by atoms with E-state index in [-0.39, 0.29) is 5.96 Å². The summed E-state index contributed by atoms with van der Waals surface area (Å²) in [6.45, 7) is 0. The van der Waals surface area contributed by atoms with Gasteiger partial charge in [0.2, 0.25) is 0 Å². The van der Waals surface area contributed by atoms with E-state index in [0.717, 1.165) is 32.7 Å². The summed E-state index contributed by atoms with van der Waals surface area (Å²) < 4.78 is 0. The Morgan fingerprint density at radius 2 is 1.58 bits per heavy atom. The number of nitrogens with zero attached hydrogens (tertiary/aromatic N) is 2. The molecule has 1 amide bonds. The summed E-state index contributed by atoms with van der Waals surface area (Å²) >= 11 is 0. The maximum absolute atomic E-state index is 12.2. The van der Waals surface area contributed by atoms with Gasteiger partial charge in [-0.1, -0.05) is 42.5 Å². The molecule has 26 heavy (non-hydrogen) atoms. The molecule has 1 aromatic heterocycles. The summed E-state index contributed by atoms with van der Waals surface area (Å²) in [4.78, 5) is 20.0. The summed E-state index contributed by atoms with van der Waals surface area (Å²) in [6, 6.07) is 19.6. The largest absolute Gasteiger partial charge is 0.370 e. The molecular weight excluding hydrogens is 324 g/mol. The van der Waals surface area contributed by atoms with Gasteiger partial charge < -0.3 is 11.5 Å². The van der Waals surface area contributed by atoms with Crippen LogP contribution in [0.15, 0.2) is 78.0 Å². The number of guanidine groups is 1. The number of aliphatic imine (C=N–C) groups is 1. The van der Waals surface area contributed by atoms with Gasteiger partial charge in [-0.25, -0.2) is 0 Å². The molecule has 0 spiro atoms. The lowest BCUT2D eigenvalue weighted by Gasteiger charge is -2.11. The van der Waals surface area contributed by atoms with Crippen LogP contribution in [0.2, 0.25) is 0 Å². The summed E-state index contributed by atoms with van der Waals surface area (Å²) in [5, 5.41) is 4.17. The topological polar surface area (TPSA) is 94.4 Å². The van der Waals surface area contributed by atoms with Gasteiger partial charge >= 0.3 is 0 Å². The van der Waals surface area contributed by atoms with Crippen LogP contribution in [0.3, 0.4) is 0 Å². The molecule has 4 N–H and O–H groups in total. The molecule has 5 heteroatoms. The highest BCUT2D eigenvalue weighted by molar-refractivity contribution is 6.09. The third-order valence-electron chi connectivity index (χ3n) is 4.33. The van der Waals surface area contributed by atoms with Crippen LogP contribution in [-0.2, 0) is 0 Å². The minimum atomic E-state index is -0.455. The van der Waals surface area contributed by atoms with E-state index in [1.165, 1.54) is 0 Å². The van der Waals surface area contributed by atoms with Crippen molar-refractivity contribution in [1.29, 1.82) is 0 Å². The number of nitrogens with two attached hydrogens (primary N) is 2. The fourth-order valence-electron chi connectivity index (χ4n) is 3.18. The Labute approximate surface area is 150 Å². The third kappa shape index (κ3) is 2.75. The first-order chi connectivity index (χ1) is 12.6. The molecule has 0 saturated heterocycles. The van der Waals surface area contributed by atoms with Gasteiger partial charge in [0.15, 0.2) is 5.96 Å². The molecule has 3 aromatic carbocycles. The van der Waals surface area contributed by atoms with Crippen molar-refractivity contribution in [3.63, 3.8) is 0 Å². The predicted molar refractivity (Wildman–Crippen MR) is 105 cm³/mol. The van der Waals surface area contributed by atoms with Crippen LogP contribution in [0.5, 0.6) is 0 Å². The number of aromatic nitrogens is 1. The summed E-state index contributed by atoms with van der Waals surface area (Å²) in [7, 11) is 0. The average Bonchev–Trinajstić information content (AvgIpc) is 2.66. The van der Waals surface area contributed by atoms with Crippen molar-refractivity contribution in [3.8, 4) is 11.1 Å². The predicted octanol–water partition coefficient (Wildman–Crippen LogP) is 3.47. The number of fused-ring (bicyclic) bond motifs is 2. The van der Waals surface area contributed by atoms with Gasteiger partial charge in [0.1, 0.15) is 0 Å². The monoisotopic (exact) mass is 340 g/mol. The quantitative estimate of drug-likeness (QED) is 0.431. The minimum absolute atomic E-state index is 0.245. The minimum Gasteiger partial charge on any atom is -0.370 e. The van der Waals surface area contributed by atoms with E-state index in [1.807, 2.05) is 54.7 Å². The van der Waals surface area contributed by atoms with Crippen LogP contribution < -0.4 is 11.5 Å². The van der Waals surface area contributed by atoms with Crippen LogP contribution in [0.25, 0.3) is 32.7 Å². The van der Waals surface area contributed by atoms with Gasteiger partial charge in [-0.15, -0.1) is 0 Å². The Kier molecular flexibility index (Phi) is 3.82. The number of carbonyl (C=O) groups is 1. The molecule has 5 nitrogen and oxygen atoms in total. The number of pyridine rings is 1. The van der Waals surface area contributed by atoms with Crippen molar-refractivity contribution in [2.75, 3.05) is 0 Å². The standard InChI is InChI=1S/C21H16N4O/c22-21(23)25-20(26)14-8-7-13-3-1-6-18(19(13)11-14)17-5-2-4-15-12-24-10-9-16(15)17/h1-12H,(H4,22,23,25,26). The van der Waals surface area contributed by atoms with Gasteiger partial charge in [0, 0.05) is 23.3 Å². The summed E-state index contributed by atoms with van der Waals surface area (Å²) in [6.07, 6.45) is 3.63. The normalized spacial score (nSPS) is 10.8. The molecule has 0 aliphatic carbocycles. The molecule has 0 saturated carbocycles. The molecule has 4 rings (SSSR count). The summed E-state index contributed by atoms with van der Waals surface area (Å²) in [5.74, 6) is -0.700. The fraction of sp³-hybridized carbons (Fsp3) is 0. The van der Waals surface area contributed by atoms with E-state index < -0.39 is 5.91 Å². The van der Waals surface area contributed by atoms with Crippen molar-refractivity contribution in [1.82, 2.24) is 4.98 Å². The van der Waals surface area contributed by atoms with E-state index in [4.69, 9.17) is 11.5 Å². The van der Waals surface area contributed by atoms with Crippen molar-refractivity contribution in [2.45, 2.75) is 0 Å². The highest BCUT2D eigenvalue weighted by Gasteiger charge is 2.11. The van der Waals surface area contributed by atoms with Crippen LogP contribution in [-0.4, -0.2) is 16.9 Å². The molecule has 0 bridgehead atoms. The maximum atomic E-state index is 12.2. The van der Waals surface area contributed by atoms with Crippen molar-refractivity contribution in [2.24, 2.45) is 16.5 Å². The Balaban J connectivity index is 1.98. The van der Waals surface area contributed by atoms with E-state index >= 15 is 0 Å². The fourth-order valence-corrected chi connectivity index (χ4v) is 3.18. The Bertz CT molecular complexity index is 1170. The number of hydrogen-bond acceptors (Lipinski definition) is 2. The zero-order valence-electron chi connectivity index (χ0n) is 13.9. The van der Waals surface area contributed by atoms with Crippen LogP contribution >= 0.6 is 0 Å². The van der Waals surface area contributed by atoms with Crippen molar-refractivity contribution < 1.29 is 4.79 Å². The van der Waals surface area contributed by atoms with Gasteiger partial charge in [-0.3, -0.25) is 9.78 Å². The number of rotatable bonds is 2. The first-order valence-corrected chi connectivity index (χ1v) is 8.13. The first-order valence-electron chi connectivity index (χ1n) is 8.13. The van der Waals surface area contributed by atoms with E-state index in [2.05, 4.69) is 16.0 Å². The Morgan fingerprint density at radius 3 is 2.35 bits per heavy atom. The third-order valence-corrected chi connectivity index (χ3v) is 4.33. The molecule has 0 aliphatic rings. The second-order valence-electron chi connectivity index (χ2n) is 5.99. The highest BCUT2D eigenvalue weighted by Crippen LogP contribution is 2.34. The van der Waals surface area contributed by atoms with Crippen LogP contribution in [0, 0.1) is 0 Å². The van der Waals surface area contributed by atoms with Crippen molar-refractivity contribution in [3.05, 3.63) is 78.6 Å². The molecule has 0 unspecified atom stereocenters. The Hall–Kier alpha value is -3.73. The molecule has 0 radical (unpaired) electrons. The zero-order chi connectivity index (χ0) is 18.1.